The van der Waals surface area contributed by atoms with E-state index in [0.717, 1.165) is 38.0 Å². The Balaban J connectivity index is 1.53. The van der Waals surface area contributed by atoms with Crippen LogP contribution in [0.15, 0.2) is 29.1 Å². The number of ether oxygens (including phenoxy) is 2. The third kappa shape index (κ3) is 2.94. The number of likely N-dealkylation sites (tertiary alicyclic amines) is 1. The minimum absolute atomic E-state index is 0.0249. The number of hydrogen-bond donors (Lipinski definition) is 0. The molecule has 0 atom stereocenters. The van der Waals surface area contributed by atoms with Crippen molar-refractivity contribution < 1.29 is 18.7 Å². The minimum Gasteiger partial charge on any atom is -0.472 e. The van der Waals surface area contributed by atoms with Gasteiger partial charge in [-0.25, -0.2) is 0 Å². The Morgan fingerprint density at radius 2 is 2.00 bits per heavy atom. The maximum absolute atomic E-state index is 12.1. The van der Waals surface area contributed by atoms with E-state index in [-0.39, 0.29) is 5.91 Å². The quantitative estimate of drug-likeness (QED) is 0.776. The van der Waals surface area contributed by atoms with E-state index in [1.54, 1.807) is 24.7 Å². The van der Waals surface area contributed by atoms with E-state index >= 15 is 0 Å². The standard InChI is InChI=1S/C15H19NO4/c17-14(3-2-13-4-11-18-12-13)16-7-5-15(6-8-16)19-9-1-10-20-15/h2-4,11-12H,1,5-10H2. The third-order valence-corrected chi connectivity index (χ3v) is 3.82. The Labute approximate surface area is 118 Å². The lowest BCUT2D eigenvalue weighted by molar-refractivity contribution is -0.282. The number of piperidine rings is 1. The van der Waals surface area contributed by atoms with Crippen LogP contribution in [0.25, 0.3) is 6.08 Å². The summed E-state index contributed by atoms with van der Waals surface area (Å²) in [4.78, 5) is 13.9. The van der Waals surface area contributed by atoms with Crippen LogP contribution < -0.4 is 0 Å². The highest BCUT2D eigenvalue weighted by molar-refractivity contribution is 5.91. The fraction of sp³-hybridized carbons (Fsp3) is 0.533. The second-order valence-electron chi connectivity index (χ2n) is 5.18. The summed E-state index contributed by atoms with van der Waals surface area (Å²) in [5, 5.41) is 0. The lowest BCUT2D eigenvalue weighted by Crippen LogP contribution is -2.51. The van der Waals surface area contributed by atoms with Crippen molar-refractivity contribution in [2.75, 3.05) is 26.3 Å². The number of carbonyl (C=O) groups excluding carboxylic acids is 1. The van der Waals surface area contributed by atoms with E-state index < -0.39 is 5.79 Å². The molecule has 5 heteroatoms. The highest BCUT2D eigenvalue weighted by Gasteiger charge is 2.38. The van der Waals surface area contributed by atoms with Crippen molar-refractivity contribution in [3.63, 3.8) is 0 Å². The van der Waals surface area contributed by atoms with Gasteiger partial charge in [-0.3, -0.25) is 4.79 Å². The predicted molar refractivity (Wildman–Crippen MR) is 72.8 cm³/mol. The normalized spacial score (nSPS) is 22.5. The average molecular weight is 277 g/mol. The number of hydrogen-bond acceptors (Lipinski definition) is 4. The van der Waals surface area contributed by atoms with Crippen LogP contribution >= 0.6 is 0 Å². The second-order valence-corrected chi connectivity index (χ2v) is 5.18. The van der Waals surface area contributed by atoms with E-state index in [1.165, 1.54) is 0 Å². The van der Waals surface area contributed by atoms with Crippen LogP contribution in [0.5, 0.6) is 0 Å². The van der Waals surface area contributed by atoms with Gasteiger partial charge in [0.15, 0.2) is 5.79 Å². The zero-order valence-corrected chi connectivity index (χ0v) is 11.4. The molecule has 1 aromatic rings. The van der Waals surface area contributed by atoms with Gasteiger partial charge in [0, 0.05) is 37.6 Å². The summed E-state index contributed by atoms with van der Waals surface area (Å²) in [5.74, 6) is -0.416. The van der Waals surface area contributed by atoms with Crippen LogP contribution in [0, 0.1) is 0 Å². The molecular formula is C15H19NO4. The van der Waals surface area contributed by atoms with Crippen LogP contribution in [0.3, 0.4) is 0 Å². The van der Waals surface area contributed by atoms with Crippen molar-refractivity contribution in [2.24, 2.45) is 0 Å². The molecule has 0 bridgehead atoms. The number of nitrogens with zero attached hydrogens (tertiary/aromatic N) is 1. The summed E-state index contributed by atoms with van der Waals surface area (Å²) in [7, 11) is 0. The summed E-state index contributed by atoms with van der Waals surface area (Å²) in [6, 6.07) is 1.82. The first-order valence-electron chi connectivity index (χ1n) is 7.05. The van der Waals surface area contributed by atoms with Crippen LogP contribution in [0.1, 0.15) is 24.8 Å². The van der Waals surface area contributed by atoms with Gasteiger partial charge >= 0.3 is 0 Å². The van der Waals surface area contributed by atoms with Crippen LogP contribution in [-0.2, 0) is 14.3 Å². The molecule has 0 unspecified atom stereocenters. The molecule has 5 nitrogen and oxygen atoms in total. The topological polar surface area (TPSA) is 51.9 Å². The molecule has 2 fully saturated rings. The Morgan fingerprint density at radius 3 is 2.65 bits per heavy atom. The predicted octanol–water partition coefficient (Wildman–Crippen LogP) is 2.05. The number of amides is 1. The Bertz CT molecular complexity index is 464. The summed E-state index contributed by atoms with van der Waals surface area (Å²) in [6.07, 6.45) is 9.01. The van der Waals surface area contributed by atoms with E-state index in [1.807, 2.05) is 11.0 Å². The van der Waals surface area contributed by atoms with Gasteiger partial charge in [-0.05, 0) is 18.6 Å². The van der Waals surface area contributed by atoms with Crippen LogP contribution in [-0.4, -0.2) is 42.9 Å². The van der Waals surface area contributed by atoms with Crippen molar-refractivity contribution in [3.05, 3.63) is 30.2 Å². The van der Waals surface area contributed by atoms with Gasteiger partial charge in [-0.2, -0.15) is 0 Å². The number of furan rings is 1. The monoisotopic (exact) mass is 277 g/mol. The molecule has 20 heavy (non-hydrogen) atoms. The summed E-state index contributed by atoms with van der Waals surface area (Å²) in [6.45, 7) is 2.87. The molecule has 0 aromatic carbocycles. The molecule has 2 aliphatic rings. The van der Waals surface area contributed by atoms with E-state index in [4.69, 9.17) is 13.9 Å². The molecule has 0 radical (unpaired) electrons. The van der Waals surface area contributed by atoms with Crippen molar-refractivity contribution in [1.29, 1.82) is 0 Å². The van der Waals surface area contributed by atoms with Gasteiger partial charge in [-0.1, -0.05) is 0 Å². The lowest BCUT2D eigenvalue weighted by Gasteiger charge is -2.43. The molecular weight excluding hydrogens is 258 g/mol. The molecule has 0 saturated carbocycles. The number of rotatable bonds is 2. The molecule has 108 valence electrons. The molecule has 3 heterocycles. The second kappa shape index (κ2) is 5.81. The molecule has 1 amide bonds. The van der Waals surface area contributed by atoms with Crippen LogP contribution in [0.4, 0.5) is 0 Å². The number of carbonyl (C=O) groups is 1. The SMILES string of the molecule is O=C(C=Cc1ccoc1)N1CCC2(CC1)OCCCO2. The van der Waals surface area contributed by atoms with Crippen molar-refractivity contribution in [2.45, 2.75) is 25.0 Å². The Morgan fingerprint density at radius 1 is 1.25 bits per heavy atom. The molecule has 0 N–H and O–H groups in total. The van der Waals surface area contributed by atoms with Gasteiger partial charge in [0.05, 0.1) is 25.7 Å². The van der Waals surface area contributed by atoms with Gasteiger partial charge in [0.2, 0.25) is 5.91 Å². The van der Waals surface area contributed by atoms with E-state index in [2.05, 4.69) is 0 Å². The highest BCUT2D eigenvalue weighted by atomic mass is 16.7. The molecule has 3 rings (SSSR count). The summed E-state index contributed by atoms with van der Waals surface area (Å²) >= 11 is 0. The third-order valence-electron chi connectivity index (χ3n) is 3.82. The van der Waals surface area contributed by atoms with Gasteiger partial charge < -0.3 is 18.8 Å². The van der Waals surface area contributed by atoms with E-state index in [9.17, 15) is 4.79 Å². The first-order chi connectivity index (χ1) is 9.77. The Kier molecular flexibility index (Phi) is 3.89. The smallest absolute Gasteiger partial charge is 0.246 e. The van der Waals surface area contributed by atoms with Gasteiger partial charge in [0.1, 0.15) is 0 Å². The molecule has 1 aromatic heterocycles. The minimum atomic E-state index is -0.441. The molecule has 2 saturated heterocycles. The zero-order valence-electron chi connectivity index (χ0n) is 11.4. The Hall–Kier alpha value is -1.59. The molecule has 0 aliphatic carbocycles. The largest absolute Gasteiger partial charge is 0.472 e. The average Bonchev–Trinajstić information content (AvgIpc) is 3.00. The van der Waals surface area contributed by atoms with Gasteiger partial charge in [-0.15, -0.1) is 0 Å². The molecule has 2 aliphatic heterocycles. The van der Waals surface area contributed by atoms with Crippen molar-refractivity contribution in [3.8, 4) is 0 Å². The van der Waals surface area contributed by atoms with Crippen LogP contribution in [0.2, 0.25) is 0 Å². The maximum Gasteiger partial charge on any atom is 0.246 e. The first kappa shape index (κ1) is 13.4. The first-order valence-corrected chi connectivity index (χ1v) is 7.05. The fourth-order valence-electron chi connectivity index (χ4n) is 2.62. The van der Waals surface area contributed by atoms with Gasteiger partial charge in [0.25, 0.3) is 0 Å². The summed E-state index contributed by atoms with van der Waals surface area (Å²) in [5.41, 5.74) is 0.894. The van der Waals surface area contributed by atoms with E-state index in [0.29, 0.717) is 13.1 Å². The summed E-state index contributed by atoms with van der Waals surface area (Å²) < 4.78 is 16.5. The highest BCUT2D eigenvalue weighted by Crippen LogP contribution is 2.30. The zero-order chi connectivity index (χ0) is 13.8. The lowest BCUT2D eigenvalue weighted by atomic mass is 10.0. The molecule has 1 spiro atoms. The van der Waals surface area contributed by atoms with Crippen molar-refractivity contribution >= 4 is 12.0 Å². The fourth-order valence-corrected chi connectivity index (χ4v) is 2.62. The van der Waals surface area contributed by atoms with Crippen molar-refractivity contribution in [1.82, 2.24) is 4.90 Å². The maximum atomic E-state index is 12.1.